The fourth-order valence-electron chi connectivity index (χ4n) is 2.07. The Morgan fingerprint density at radius 2 is 2.38 bits per heavy atom. The van der Waals surface area contributed by atoms with Gasteiger partial charge in [0.15, 0.2) is 0 Å². The number of rotatable bonds is 3. The standard InChI is InChI=1S/C10H16ClN3S.ClH/c11-9-6-13-10(15-9)7-14-4-2-1-3-8(14)5-12;/h6,8H,1-5,7,12H2;1H. The summed E-state index contributed by atoms with van der Waals surface area (Å²) in [6.45, 7) is 2.79. The molecule has 3 nitrogen and oxygen atoms in total. The molecule has 1 saturated heterocycles. The van der Waals surface area contributed by atoms with Gasteiger partial charge >= 0.3 is 0 Å². The molecule has 6 heteroatoms. The number of likely N-dealkylation sites (tertiary alicyclic amines) is 1. The van der Waals surface area contributed by atoms with Crippen molar-refractivity contribution in [3.05, 3.63) is 15.5 Å². The summed E-state index contributed by atoms with van der Waals surface area (Å²) >= 11 is 7.43. The van der Waals surface area contributed by atoms with Crippen LogP contribution in [0.1, 0.15) is 24.3 Å². The lowest BCUT2D eigenvalue weighted by atomic mass is 10.0. The zero-order valence-corrected chi connectivity index (χ0v) is 11.5. The first-order chi connectivity index (χ1) is 7.29. The van der Waals surface area contributed by atoms with E-state index >= 15 is 0 Å². The summed E-state index contributed by atoms with van der Waals surface area (Å²) in [6.07, 6.45) is 5.52. The summed E-state index contributed by atoms with van der Waals surface area (Å²) in [4.78, 5) is 6.71. The van der Waals surface area contributed by atoms with Gasteiger partial charge in [-0.2, -0.15) is 0 Å². The molecule has 1 aliphatic heterocycles. The number of piperidine rings is 1. The molecule has 1 aliphatic rings. The van der Waals surface area contributed by atoms with Crippen molar-refractivity contribution in [1.82, 2.24) is 9.88 Å². The highest BCUT2D eigenvalue weighted by Gasteiger charge is 2.21. The molecule has 0 amide bonds. The van der Waals surface area contributed by atoms with E-state index in [2.05, 4.69) is 9.88 Å². The number of thiazole rings is 1. The van der Waals surface area contributed by atoms with E-state index in [9.17, 15) is 0 Å². The molecule has 0 aliphatic carbocycles. The van der Waals surface area contributed by atoms with Crippen molar-refractivity contribution in [2.24, 2.45) is 5.73 Å². The molecular formula is C10H17Cl2N3S. The lowest BCUT2D eigenvalue weighted by Gasteiger charge is -2.34. The van der Waals surface area contributed by atoms with E-state index in [1.807, 2.05) is 0 Å². The third-order valence-corrected chi connectivity index (χ3v) is 3.98. The van der Waals surface area contributed by atoms with Crippen LogP contribution in [0.15, 0.2) is 6.20 Å². The predicted molar refractivity (Wildman–Crippen MR) is 71.5 cm³/mol. The van der Waals surface area contributed by atoms with Crippen molar-refractivity contribution in [2.45, 2.75) is 31.8 Å². The molecule has 0 saturated carbocycles. The molecule has 0 radical (unpaired) electrons. The van der Waals surface area contributed by atoms with Crippen LogP contribution in [0.3, 0.4) is 0 Å². The third kappa shape index (κ3) is 3.57. The third-order valence-electron chi connectivity index (χ3n) is 2.88. The molecule has 1 atom stereocenters. The number of hydrogen-bond acceptors (Lipinski definition) is 4. The topological polar surface area (TPSA) is 42.1 Å². The Balaban J connectivity index is 0.00000128. The second-order valence-electron chi connectivity index (χ2n) is 3.91. The maximum atomic E-state index is 5.86. The Hall–Kier alpha value is 0.130. The average molecular weight is 282 g/mol. The van der Waals surface area contributed by atoms with Crippen LogP contribution in [0.4, 0.5) is 0 Å². The molecule has 2 N–H and O–H groups in total. The molecule has 0 aromatic carbocycles. The van der Waals surface area contributed by atoms with E-state index in [1.165, 1.54) is 19.3 Å². The minimum atomic E-state index is 0. The second kappa shape index (κ2) is 6.77. The van der Waals surface area contributed by atoms with Crippen LogP contribution in [-0.2, 0) is 6.54 Å². The van der Waals surface area contributed by atoms with E-state index in [0.29, 0.717) is 6.04 Å². The zero-order chi connectivity index (χ0) is 10.7. The van der Waals surface area contributed by atoms with Crippen LogP contribution in [0.2, 0.25) is 4.34 Å². The molecule has 1 fully saturated rings. The van der Waals surface area contributed by atoms with Crippen LogP contribution >= 0.6 is 35.3 Å². The van der Waals surface area contributed by atoms with Crippen molar-refractivity contribution < 1.29 is 0 Å². The van der Waals surface area contributed by atoms with Crippen molar-refractivity contribution in [3.8, 4) is 0 Å². The number of nitrogens with zero attached hydrogens (tertiary/aromatic N) is 2. The van der Waals surface area contributed by atoms with Crippen LogP contribution in [0.5, 0.6) is 0 Å². The molecule has 2 rings (SSSR count). The van der Waals surface area contributed by atoms with Crippen molar-refractivity contribution in [2.75, 3.05) is 13.1 Å². The second-order valence-corrected chi connectivity index (χ2v) is 5.66. The van der Waals surface area contributed by atoms with Crippen LogP contribution in [-0.4, -0.2) is 29.0 Å². The van der Waals surface area contributed by atoms with Gasteiger partial charge in [0.2, 0.25) is 0 Å². The molecule has 92 valence electrons. The maximum Gasteiger partial charge on any atom is 0.113 e. The van der Waals surface area contributed by atoms with Gasteiger partial charge in [-0.3, -0.25) is 4.90 Å². The molecule has 1 aromatic rings. The maximum absolute atomic E-state index is 5.86. The summed E-state index contributed by atoms with van der Waals surface area (Å²) in [5, 5.41) is 1.10. The number of aromatic nitrogens is 1. The van der Waals surface area contributed by atoms with Crippen LogP contribution in [0, 0.1) is 0 Å². The summed E-state index contributed by atoms with van der Waals surface area (Å²) in [6, 6.07) is 0.529. The van der Waals surface area contributed by atoms with E-state index in [4.69, 9.17) is 17.3 Å². The minimum absolute atomic E-state index is 0. The Morgan fingerprint density at radius 3 is 3.00 bits per heavy atom. The molecule has 0 spiro atoms. The van der Waals surface area contributed by atoms with Crippen molar-refractivity contribution in [3.63, 3.8) is 0 Å². The Kier molecular flexibility index (Phi) is 6.00. The molecular weight excluding hydrogens is 265 g/mol. The molecule has 1 aromatic heterocycles. The fourth-order valence-corrected chi connectivity index (χ4v) is 3.05. The quantitative estimate of drug-likeness (QED) is 0.926. The van der Waals surface area contributed by atoms with E-state index in [0.717, 1.165) is 29.0 Å². The van der Waals surface area contributed by atoms with Crippen LogP contribution < -0.4 is 5.73 Å². The lowest BCUT2D eigenvalue weighted by molar-refractivity contribution is 0.144. The number of halogens is 2. The minimum Gasteiger partial charge on any atom is -0.329 e. The zero-order valence-electron chi connectivity index (χ0n) is 9.06. The van der Waals surface area contributed by atoms with Gasteiger partial charge in [0.05, 0.1) is 12.7 Å². The lowest BCUT2D eigenvalue weighted by Crippen LogP contribution is -2.43. The molecule has 16 heavy (non-hydrogen) atoms. The summed E-state index contributed by atoms with van der Waals surface area (Å²) in [5.41, 5.74) is 5.77. The SMILES string of the molecule is Cl.NCC1CCCCN1Cc1ncc(Cl)s1. The van der Waals surface area contributed by atoms with Gasteiger partial charge in [-0.1, -0.05) is 18.0 Å². The van der Waals surface area contributed by atoms with E-state index < -0.39 is 0 Å². The summed E-state index contributed by atoms with van der Waals surface area (Å²) in [5.74, 6) is 0. The van der Waals surface area contributed by atoms with Gasteiger partial charge in [-0.25, -0.2) is 4.98 Å². The monoisotopic (exact) mass is 281 g/mol. The highest BCUT2D eigenvalue weighted by molar-refractivity contribution is 7.15. The number of nitrogens with two attached hydrogens (primary N) is 1. The highest BCUT2D eigenvalue weighted by atomic mass is 35.5. The average Bonchev–Trinajstić information content (AvgIpc) is 2.65. The van der Waals surface area contributed by atoms with Gasteiger partial charge in [0, 0.05) is 12.6 Å². The van der Waals surface area contributed by atoms with Gasteiger partial charge in [0.25, 0.3) is 0 Å². The molecule has 0 bridgehead atoms. The van der Waals surface area contributed by atoms with Gasteiger partial charge in [-0.05, 0) is 19.4 Å². The first kappa shape index (κ1) is 14.2. The van der Waals surface area contributed by atoms with Gasteiger partial charge < -0.3 is 5.73 Å². The Bertz CT molecular complexity index is 319. The smallest absolute Gasteiger partial charge is 0.113 e. The van der Waals surface area contributed by atoms with E-state index in [-0.39, 0.29) is 12.4 Å². The summed E-state index contributed by atoms with van der Waals surface area (Å²) in [7, 11) is 0. The summed E-state index contributed by atoms with van der Waals surface area (Å²) < 4.78 is 0.770. The molecule has 2 heterocycles. The van der Waals surface area contributed by atoms with E-state index in [1.54, 1.807) is 17.5 Å². The Morgan fingerprint density at radius 1 is 1.56 bits per heavy atom. The van der Waals surface area contributed by atoms with Crippen molar-refractivity contribution >= 4 is 35.3 Å². The highest BCUT2D eigenvalue weighted by Crippen LogP contribution is 2.23. The van der Waals surface area contributed by atoms with Gasteiger partial charge in [-0.15, -0.1) is 23.7 Å². The normalized spacial score (nSPS) is 21.8. The fraction of sp³-hybridized carbons (Fsp3) is 0.700. The Labute approximate surface area is 111 Å². The predicted octanol–water partition coefficient (Wildman–Crippen LogP) is 2.53. The van der Waals surface area contributed by atoms with Crippen molar-refractivity contribution in [1.29, 1.82) is 0 Å². The van der Waals surface area contributed by atoms with Gasteiger partial charge in [0.1, 0.15) is 9.34 Å². The molecule has 1 unspecified atom stereocenters. The largest absolute Gasteiger partial charge is 0.329 e. The first-order valence-electron chi connectivity index (χ1n) is 5.34. The number of hydrogen-bond donors (Lipinski definition) is 1. The van der Waals surface area contributed by atoms with Crippen LogP contribution in [0.25, 0.3) is 0 Å². The first-order valence-corrected chi connectivity index (χ1v) is 6.53.